The monoisotopic (exact) mass is 267 g/mol. The van der Waals surface area contributed by atoms with Crippen molar-refractivity contribution in [2.24, 2.45) is 0 Å². The first kappa shape index (κ1) is 15.3. The van der Waals surface area contributed by atoms with E-state index in [1.165, 1.54) is 12.1 Å². The van der Waals surface area contributed by atoms with Gasteiger partial charge in [-0.25, -0.2) is 0 Å². The van der Waals surface area contributed by atoms with Crippen molar-refractivity contribution in [3.05, 3.63) is 23.8 Å². The second-order valence-corrected chi connectivity index (χ2v) is 4.74. The van der Waals surface area contributed by atoms with Gasteiger partial charge in [0.1, 0.15) is 11.5 Å². The van der Waals surface area contributed by atoms with Gasteiger partial charge in [-0.2, -0.15) is 0 Å². The van der Waals surface area contributed by atoms with Crippen molar-refractivity contribution >= 4 is 5.97 Å². The van der Waals surface area contributed by atoms with Gasteiger partial charge < -0.3 is 15.3 Å². The van der Waals surface area contributed by atoms with E-state index in [1.54, 1.807) is 6.07 Å². The van der Waals surface area contributed by atoms with Gasteiger partial charge in [-0.3, -0.25) is 9.69 Å². The first-order chi connectivity index (χ1) is 8.86. The summed E-state index contributed by atoms with van der Waals surface area (Å²) in [6.07, 6.45) is 0.816. The maximum Gasteiger partial charge on any atom is 0.317 e. The van der Waals surface area contributed by atoms with Crippen molar-refractivity contribution in [1.29, 1.82) is 0 Å². The van der Waals surface area contributed by atoms with E-state index < -0.39 is 5.97 Å². The number of rotatable bonds is 6. The fraction of sp³-hybridized carbons (Fsp3) is 0.500. The highest BCUT2D eigenvalue weighted by Crippen LogP contribution is 2.32. The van der Waals surface area contributed by atoms with Gasteiger partial charge in [0.2, 0.25) is 0 Å². The largest absolute Gasteiger partial charge is 0.508 e. The minimum atomic E-state index is -0.898. The average molecular weight is 267 g/mol. The van der Waals surface area contributed by atoms with Crippen molar-refractivity contribution in [1.82, 2.24) is 4.90 Å². The minimum absolute atomic E-state index is 0.0122. The molecule has 0 aromatic heterocycles. The number of aromatic hydroxyl groups is 2. The molecule has 3 N–H and O–H groups in total. The number of hydrogen-bond donors (Lipinski definition) is 3. The number of hydrogen-bond acceptors (Lipinski definition) is 4. The molecule has 1 rings (SSSR count). The molecule has 19 heavy (non-hydrogen) atoms. The molecule has 0 aliphatic rings. The predicted molar refractivity (Wildman–Crippen MR) is 72.3 cm³/mol. The van der Waals surface area contributed by atoms with E-state index in [1.807, 2.05) is 25.7 Å². The van der Waals surface area contributed by atoms with Crippen LogP contribution >= 0.6 is 0 Å². The molecule has 0 spiro atoms. The topological polar surface area (TPSA) is 81.0 Å². The molecule has 0 amide bonds. The number of phenolic OH excluding ortho intramolecular Hbond substituents is 2. The van der Waals surface area contributed by atoms with E-state index in [0.717, 1.165) is 6.42 Å². The van der Waals surface area contributed by atoms with Gasteiger partial charge in [0, 0.05) is 23.7 Å². The molecule has 106 valence electrons. The fourth-order valence-corrected chi connectivity index (χ4v) is 2.13. The molecule has 0 aliphatic heterocycles. The summed E-state index contributed by atoms with van der Waals surface area (Å²) in [4.78, 5) is 12.8. The van der Waals surface area contributed by atoms with Gasteiger partial charge in [-0.05, 0) is 26.3 Å². The first-order valence-electron chi connectivity index (χ1n) is 6.36. The summed E-state index contributed by atoms with van der Waals surface area (Å²) >= 11 is 0. The number of carbonyl (C=O) groups is 1. The van der Waals surface area contributed by atoms with Crippen LogP contribution in [0.3, 0.4) is 0 Å². The molecule has 2 atom stereocenters. The molecule has 2 unspecified atom stereocenters. The Balaban J connectivity index is 3.03. The smallest absolute Gasteiger partial charge is 0.317 e. The molecule has 1 aromatic carbocycles. The normalized spacial score (nSPS) is 14.3. The van der Waals surface area contributed by atoms with Gasteiger partial charge in [-0.15, -0.1) is 0 Å². The summed E-state index contributed by atoms with van der Waals surface area (Å²) in [6, 6.07) is 4.21. The van der Waals surface area contributed by atoms with Gasteiger partial charge in [0.05, 0.1) is 6.54 Å². The Labute approximate surface area is 113 Å². The Hall–Kier alpha value is -1.75. The number of carboxylic acids is 1. The first-order valence-corrected chi connectivity index (χ1v) is 6.36. The second kappa shape index (κ2) is 6.43. The molecular formula is C14H21NO4. The van der Waals surface area contributed by atoms with Gasteiger partial charge in [0.15, 0.2) is 0 Å². The molecule has 1 aromatic rings. The Kier molecular flexibility index (Phi) is 5.18. The zero-order valence-electron chi connectivity index (χ0n) is 11.5. The zero-order valence-corrected chi connectivity index (χ0v) is 11.5. The quantitative estimate of drug-likeness (QED) is 0.737. The highest BCUT2D eigenvalue weighted by Gasteiger charge is 2.24. The van der Waals surface area contributed by atoms with Crippen LogP contribution in [0.5, 0.6) is 11.5 Å². The van der Waals surface area contributed by atoms with E-state index in [4.69, 9.17) is 5.11 Å². The number of aliphatic carboxylic acids is 1. The van der Waals surface area contributed by atoms with E-state index in [9.17, 15) is 15.0 Å². The lowest BCUT2D eigenvalue weighted by atomic mass is 10.0. The summed E-state index contributed by atoms with van der Waals surface area (Å²) in [7, 11) is 0. The third kappa shape index (κ3) is 3.86. The highest BCUT2D eigenvalue weighted by molar-refractivity contribution is 5.69. The lowest BCUT2D eigenvalue weighted by Crippen LogP contribution is -2.39. The molecule has 0 saturated carbocycles. The molecule has 0 aliphatic carbocycles. The van der Waals surface area contributed by atoms with Crippen LogP contribution in [0.15, 0.2) is 18.2 Å². The van der Waals surface area contributed by atoms with Crippen LogP contribution in [0.4, 0.5) is 0 Å². The molecule has 0 bridgehead atoms. The van der Waals surface area contributed by atoms with E-state index in [-0.39, 0.29) is 30.1 Å². The molecule has 0 radical (unpaired) electrons. The van der Waals surface area contributed by atoms with Crippen LogP contribution in [0.1, 0.15) is 38.8 Å². The summed E-state index contributed by atoms with van der Waals surface area (Å²) < 4.78 is 0. The second-order valence-electron chi connectivity index (χ2n) is 4.74. The van der Waals surface area contributed by atoms with Crippen molar-refractivity contribution in [2.75, 3.05) is 6.54 Å². The zero-order chi connectivity index (χ0) is 14.6. The molecule has 5 heteroatoms. The maximum atomic E-state index is 11.0. The summed E-state index contributed by atoms with van der Waals surface area (Å²) in [5.74, 6) is -0.932. The highest BCUT2D eigenvalue weighted by atomic mass is 16.4. The summed E-state index contributed by atoms with van der Waals surface area (Å²) in [6.45, 7) is 5.71. The Morgan fingerprint density at radius 2 is 1.95 bits per heavy atom. The number of benzene rings is 1. The maximum absolute atomic E-state index is 11.0. The van der Waals surface area contributed by atoms with Gasteiger partial charge in [-0.1, -0.05) is 13.0 Å². The van der Waals surface area contributed by atoms with Crippen molar-refractivity contribution in [3.63, 3.8) is 0 Å². The van der Waals surface area contributed by atoms with Crippen molar-refractivity contribution in [2.45, 2.75) is 39.3 Å². The summed E-state index contributed by atoms with van der Waals surface area (Å²) in [5.41, 5.74) is 0.611. The number of nitrogens with zero attached hydrogens (tertiary/aromatic N) is 1. The predicted octanol–water partition coefficient (Wildman–Crippen LogP) is 2.34. The van der Waals surface area contributed by atoms with Crippen molar-refractivity contribution < 1.29 is 20.1 Å². The number of carboxylic acid groups (broad SMARTS) is 1. The van der Waals surface area contributed by atoms with Crippen LogP contribution < -0.4 is 0 Å². The van der Waals surface area contributed by atoms with E-state index in [0.29, 0.717) is 5.56 Å². The molecule has 0 heterocycles. The molecule has 5 nitrogen and oxygen atoms in total. The van der Waals surface area contributed by atoms with Gasteiger partial charge in [0.25, 0.3) is 0 Å². The molecular weight excluding hydrogens is 246 g/mol. The van der Waals surface area contributed by atoms with Crippen LogP contribution in [-0.2, 0) is 4.79 Å². The SMILES string of the molecule is CCC(C)N(CC(=O)O)C(C)c1ccc(O)cc1O. The van der Waals surface area contributed by atoms with Crippen LogP contribution in [-0.4, -0.2) is 38.8 Å². The summed E-state index contributed by atoms with van der Waals surface area (Å²) in [5, 5.41) is 28.1. The Bertz CT molecular complexity index is 447. The fourth-order valence-electron chi connectivity index (χ4n) is 2.13. The third-order valence-electron chi connectivity index (χ3n) is 3.44. The van der Waals surface area contributed by atoms with E-state index in [2.05, 4.69) is 0 Å². The van der Waals surface area contributed by atoms with Crippen molar-refractivity contribution in [3.8, 4) is 11.5 Å². The standard InChI is InChI=1S/C14H21NO4/c1-4-9(2)15(8-14(18)19)10(3)12-6-5-11(16)7-13(12)17/h5-7,9-10,16-17H,4,8H2,1-3H3,(H,18,19). The minimum Gasteiger partial charge on any atom is -0.508 e. The van der Waals surface area contributed by atoms with E-state index >= 15 is 0 Å². The molecule has 0 fully saturated rings. The Morgan fingerprint density at radius 3 is 2.42 bits per heavy atom. The van der Waals surface area contributed by atoms with Crippen LogP contribution in [0.2, 0.25) is 0 Å². The molecule has 0 saturated heterocycles. The van der Waals surface area contributed by atoms with Crippen LogP contribution in [0, 0.1) is 0 Å². The van der Waals surface area contributed by atoms with Gasteiger partial charge >= 0.3 is 5.97 Å². The van der Waals surface area contributed by atoms with Crippen LogP contribution in [0.25, 0.3) is 0 Å². The average Bonchev–Trinajstić information content (AvgIpc) is 2.34. The number of phenols is 2. The lowest BCUT2D eigenvalue weighted by molar-refractivity contribution is -0.139. The third-order valence-corrected chi connectivity index (χ3v) is 3.44. The lowest BCUT2D eigenvalue weighted by Gasteiger charge is -2.33. The Morgan fingerprint density at radius 1 is 1.32 bits per heavy atom.